The predicted octanol–water partition coefficient (Wildman–Crippen LogP) is 4.13. The van der Waals surface area contributed by atoms with Crippen molar-refractivity contribution in [2.75, 3.05) is 35.7 Å². The van der Waals surface area contributed by atoms with Crippen LogP contribution < -0.4 is 20.3 Å². The fourth-order valence-electron chi connectivity index (χ4n) is 3.98. The number of imide groups is 1. The molecule has 2 aliphatic rings. The van der Waals surface area contributed by atoms with Crippen LogP contribution in [0.5, 0.6) is 5.75 Å². The maximum absolute atomic E-state index is 14.4. The van der Waals surface area contributed by atoms with Gasteiger partial charge >= 0.3 is 12.1 Å². The van der Waals surface area contributed by atoms with Gasteiger partial charge in [0.1, 0.15) is 5.75 Å². The molecular weight excluding hydrogens is 441 g/mol. The lowest BCUT2D eigenvalue weighted by atomic mass is 10.1. The number of nitrogens with one attached hydrogen (secondary N) is 3. The molecule has 3 N–H and O–H groups in total. The number of benzene rings is 2. The molecule has 3 aromatic rings. The van der Waals surface area contributed by atoms with Crippen LogP contribution in [0.25, 0.3) is 11.6 Å². The average Bonchev–Trinajstić information content (AvgIpc) is 3.54. The zero-order chi connectivity index (χ0) is 23.8. The molecule has 0 radical (unpaired) electrons. The molecule has 1 fully saturated rings. The Hall–Kier alpha value is -4.60. The van der Waals surface area contributed by atoms with Crippen LogP contribution in [-0.2, 0) is 4.79 Å². The van der Waals surface area contributed by atoms with E-state index in [0.29, 0.717) is 28.3 Å². The number of hydrogen-bond acceptors (Lipinski definition) is 4. The molecule has 0 spiro atoms. The molecular formula is C24H20FN5O4. The first-order chi connectivity index (χ1) is 16.4. The van der Waals surface area contributed by atoms with Crippen LogP contribution in [-0.4, -0.2) is 48.1 Å². The van der Waals surface area contributed by atoms with E-state index in [0.717, 1.165) is 10.6 Å². The zero-order valence-electron chi connectivity index (χ0n) is 18.1. The molecule has 3 heterocycles. The maximum atomic E-state index is 14.4. The van der Waals surface area contributed by atoms with Crippen molar-refractivity contribution in [2.45, 2.75) is 0 Å². The van der Waals surface area contributed by atoms with Crippen molar-refractivity contribution in [2.24, 2.45) is 0 Å². The fraction of sp³-hybridized carbons (Fsp3) is 0.125. The first-order valence-electron chi connectivity index (χ1n) is 10.5. The molecule has 1 aromatic heterocycles. The molecule has 0 aliphatic carbocycles. The van der Waals surface area contributed by atoms with Gasteiger partial charge in [-0.2, -0.15) is 0 Å². The zero-order valence-corrected chi connectivity index (χ0v) is 18.1. The summed E-state index contributed by atoms with van der Waals surface area (Å²) >= 11 is 0. The number of aromatic nitrogens is 1. The van der Waals surface area contributed by atoms with Crippen molar-refractivity contribution in [1.29, 1.82) is 0 Å². The van der Waals surface area contributed by atoms with E-state index in [9.17, 15) is 18.8 Å². The standard InChI is InChI=1S/C24H20FN5O4/c1-34-16-5-7-21(19(25)13-16)29-9-10-30(24(29)33)23(32)27-15-4-6-17-18(11-14-3-2-8-26-14)22(31)28-20(17)12-15/h2-8,11-13,26H,9-10H2,1H3,(H,27,32)(H,28,31)/b18-11-. The van der Waals surface area contributed by atoms with Gasteiger partial charge in [0.05, 0.1) is 30.6 Å². The first kappa shape index (κ1) is 21.3. The van der Waals surface area contributed by atoms with Crippen LogP contribution >= 0.6 is 0 Å². The van der Waals surface area contributed by atoms with Crippen LogP contribution in [0.4, 0.5) is 31.0 Å². The smallest absolute Gasteiger partial charge is 0.332 e. The Kier molecular flexibility index (Phi) is 5.25. The number of amides is 5. The molecule has 34 heavy (non-hydrogen) atoms. The van der Waals surface area contributed by atoms with E-state index in [2.05, 4.69) is 15.6 Å². The molecule has 172 valence electrons. The van der Waals surface area contributed by atoms with E-state index in [1.165, 1.54) is 24.1 Å². The van der Waals surface area contributed by atoms with Crippen molar-refractivity contribution in [3.05, 3.63) is 71.8 Å². The number of carbonyl (C=O) groups excluding carboxylic acids is 3. The molecule has 1 saturated heterocycles. The number of H-pyrrole nitrogens is 1. The van der Waals surface area contributed by atoms with Crippen LogP contribution in [0.3, 0.4) is 0 Å². The Labute approximate surface area is 193 Å². The molecule has 9 nitrogen and oxygen atoms in total. The van der Waals surface area contributed by atoms with Crippen molar-refractivity contribution in [3.8, 4) is 5.75 Å². The van der Waals surface area contributed by atoms with Gasteiger partial charge in [0.25, 0.3) is 5.91 Å². The summed E-state index contributed by atoms with van der Waals surface area (Å²) in [5, 5.41) is 5.46. The Bertz CT molecular complexity index is 1340. The van der Waals surface area contributed by atoms with Crippen LogP contribution in [0.15, 0.2) is 54.7 Å². The van der Waals surface area contributed by atoms with E-state index < -0.39 is 17.9 Å². The van der Waals surface area contributed by atoms with Gasteiger partial charge in [-0.15, -0.1) is 0 Å². The van der Waals surface area contributed by atoms with Crippen molar-refractivity contribution in [3.63, 3.8) is 0 Å². The van der Waals surface area contributed by atoms with Crippen LogP contribution in [0, 0.1) is 5.82 Å². The lowest BCUT2D eigenvalue weighted by Gasteiger charge is -2.19. The normalized spacial score (nSPS) is 16.1. The van der Waals surface area contributed by atoms with Gasteiger partial charge in [0, 0.05) is 35.8 Å². The van der Waals surface area contributed by atoms with Crippen LogP contribution in [0.1, 0.15) is 11.3 Å². The SMILES string of the molecule is COc1ccc(N2CCN(C(=O)Nc3ccc4c(c3)NC(=O)/C4=C\c3ccc[nH]3)C2=O)c(F)c1. The second-order valence-electron chi connectivity index (χ2n) is 7.73. The van der Waals surface area contributed by atoms with Gasteiger partial charge in [-0.1, -0.05) is 6.07 Å². The predicted molar refractivity (Wildman–Crippen MR) is 125 cm³/mol. The molecule has 0 atom stereocenters. The molecule has 10 heteroatoms. The number of methoxy groups -OCH3 is 1. The molecule has 0 saturated carbocycles. The Morgan fingerprint density at radius 1 is 1.15 bits per heavy atom. The average molecular weight is 461 g/mol. The number of rotatable bonds is 4. The van der Waals surface area contributed by atoms with Crippen molar-refractivity contribution >= 4 is 46.7 Å². The summed E-state index contributed by atoms with van der Waals surface area (Å²) in [5.74, 6) is -0.537. The Morgan fingerprint density at radius 2 is 2.00 bits per heavy atom. The molecule has 2 aliphatic heterocycles. The summed E-state index contributed by atoms with van der Waals surface area (Å²) in [4.78, 5) is 43.2. The van der Waals surface area contributed by atoms with Gasteiger partial charge in [0.15, 0.2) is 5.82 Å². The summed E-state index contributed by atoms with van der Waals surface area (Å²) in [6.07, 6.45) is 3.51. The van der Waals surface area contributed by atoms with Gasteiger partial charge in [-0.25, -0.2) is 18.9 Å². The van der Waals surface area contributed by atoms with Gasteiger partial charge in [-0.05, 0) is 42.5 Å². The monoisotopic (exact) mass is 461 g/mol. The summed E-state index contributed by atoms with van der Waals surface area (Å²) in [6.45, 7) is 0.253. The molecule has 5 amide bonds. The van der Waals surface area contributed by atoms with Crippen molar-refractivity contribution < 1.29 is 23.5 Å². The number of aromatic amines is 1. The summed E-state index contributed by atoms with van der Waals surface area (Å²) in [7, 11) is 1.42. The highest BCUT2D eigenvalue weighted by Crippen LogP contribution is 2.35. The largest absolute Gasteiger partial charge is 0.497 e. The molecule has 0 bridgehead atoms. The second kappa shape index (κ2) is 8.39. The summed E-state index contributed by atoms with van der Waals surface area (Å²) < 4.78 is 19.4. The van der Waals surface area contributed by atoms with E-state index in [1.54, 1.807) is 36.5 Å². The minimum atomic E-state index is -0.646. The third-order valence-electron chi connectivity index (χ3n) is 5.68. The second-order valence-corrected chi connectivity index (χ2v) is 7.73. The molecule has 5 rings (SSSR count). The quantitative estimate of drug-likeness (QED) is 0.508. The molecule has 2 aromatic carbocycles. The number of carbonyl (C=O) groups is 3. The van der Waals surface area contributed by atoms with E-state index in [1.807, 2.05) is 12.1 Å². The minimum absolute atomic E-state index is 0.0720. The Balaban J connectivity index is 1.31. The van der Waals surface area contributed by atoms with E-state index in [4.69, 9.17) is 4.74 Å². The number of hydrogen-bond donors (Lipinski definition) is 3. The lowest BCUT2D eigenvalue weighted by molar-refractivity contribution is -0.110. The number of halogens is 1. The number of nitrogens with zero attached hydrogens (tertiary/aromatic N) is 2. The first-order valence-corrected chi connectivity index (χ1v) is 10.5. The Morgan fingerprint density at radius 3 is 2.74 bits per heavy atom. The summed E-state index contributed by atoms with van der Waals surface area (Å²) in [6, 6.07) is 11.6. The van der Waals surface area contributed by atoms with E-state index >= 15 is 0 Å². The van der Waals surface area contributed by atoms with E-state index in [-0.39, 0.29) is 24.7 Å². The summed E-state index contributed by atoms with van der Waals surface area (Å²) in [5.41, 5.74) is 3.03. The fourth-order valence-corrected chi connectivity index (χ4v) is 3.98. The maximum Gasteiger partial charge on any atom is 0.332 e. The van der Waals surface area contributed by atoms with Crippen LogP contribution in [0.2, 0.25) is 0 Å². The highest BCUT2D eigenvalue weighted by Gasteiger charge is 2.35. The number of fused-ring (bicyclic) bond motifs is 1. The highest BCUT2D eigenvalue weighted by atomic mass is 19.1. The van der Waals surface area contributed by atoms with Crippen molar-refractivity contribution in [1.82, 2.24) is 9.88 Å². The molecule has 0 unspecified atom stereocenters. The third-order valence-corrected chi connectivity index (χ3v) is 5.68. The highest BCUT2D eigenvalue weighted by molar-refractivity contribution is 6.35. The lowest BCUT2D eigenvalue weighted by Crippen LogP contribution is -2.39. The number of urea groups is 2. The van der Waals surface area contributed by atoms with Gasteiger partial charge < -0.3 is 20.4 Å². The van der Waals surface area contributed by atoms with Gasteiger partial charge in [-0.3, -0.25) is 9.69 Å². The number of ether oxygens (including phenoxy) is 1. The van der Waals surface area contributed by atoms with Gasteiger partial charge in [0.2, 0.25) is 0 Å². The topological polar surface area (TPSA) is 107 Å². The number of anilines is 3. The minimum Gasteiger partial charge on any atom is -0.497 e. The third kappa shape index (κ3) is 3.75.